The fourth-order valence-electron chi connectivity index (χ4n) is 2.04. The Labute approximate surface area is 96.6 Å². The molecule has 1 aromatic rings. The molecule has 1 aliphatic rings. The minimum absolute atomic E-state index is 0.269. The number of benzene rings is 1. The summed E-state index contributed by atoms with van der Waals surface area (Å²) in [6.45, 7) is 2.60. The van der Waals surface area contributed by atoms with Crippen LogP contribution in [0.4, 0.5) is 0 Å². The molecule has 0 spiro atoms. The van der Waals surface area contributed by atoms with Crippen LogP contribution in [0.3, 0.4) is 0 Å². The van der Waals surface area contributed by atoms with Crippen molar-refractivity contribution in [3.63, 3.8) is 0 Å². The lowest BCUT2D eigenvalue weighted by molar-refractivity contribution is -0.132. The van der Waals surface area contributed by atoms with Gasteiger partial charge in [-0.1, -0.05) is 37.3 Å². The molecular weight excluding hydrogens is 200 g/mol. The summed E-state index contributed by atoms with van der Waals surface area (Å²) in [5.41, 5.74) is 1.20. The SMILES string of the molecule is CCC(=O)C1CC(OCc2ccccc2)C1. The molecular formula is C14H18O2. The Morgan fingerprint density at radius 2 is 2.00 bits per heavy atom. The highest BCUT2D eigenvalue weighted by Crippen LogP contribution is 2.32. The summed E-state index contributed by atoms with van der Waals surface area (Å²) >= 11 is 0. The van der Waals surface area contributed by atoms with Gasteiger partial charge in [0.05, 0.1) is 12.7 Å². The molecule has 1 fully saturated rings. The molecule has 16 heavy (non-hydrogen) atoms. The molecule has 0 heterocycles. The van der Waals surface area contributed by atoms with Crippen molar-refractivity contribution in [1.29, 1.82) is 0 Å². The van der Waals surface area contributed by atoms with Crippen LogP contribution in [-0.2, 0) is 16.1 Å². The van der Waals surface area contributed by atoms with Crippen molar-refractivity contribution in [3.05, 3.63) is 35.9 Å². The van der Waals surface area contributed by atoms with Crippen LogP contribution in [0, 0.1) is 5.92 Å². The molecule has 1 aliphatic carbocycles. The zero-order valence-electron chi connectivity index (χ0n) is 9.69. The van der Waals surface area contributed by atoms with Crippen LogP contribution in [0.25, 0.3) is 0 Å². The van der Waals surface area contributed by atoms with Gasteiger partial charge in [0.1, 0.15) is 5.78 Å². The highest BCUT2D eigenvalue weighted by Gasteiger charge is 2.33. The number of carbonyl (C=O) groups is 1. The lowest BCUT2D eigenvalue weighted by Gasteiger charge is -2.33. The maximum Gasteiger partial charge on any atom is 0.135 e. The minimum Gasteiger partial charge on any atom is -0.373 e. The van der Waals surface area contributed by atoms with Gasteiger partial charge in [-0.05, 0) is 18.4 Å². The summed E-state index contributed by atoms with van der Waals surface area (Å²) in [5.74, 6) is 0.658. The molecule has 0 bridgehead atoms. The first kappa shape index (κ1) is 11.3. The molecule has 0 saturated heterocycles. The second-order valence-corrected chi connectivity index (χ2v) is 4.41. The zero-order valence-corrected chi connectivity index (χ0v) is 9.69. The fourth-order valence-corrected chi connectivity index (χ4v) is 2.04. The average Bonchev–Trinajstić information content (AvgIpc) is 2.28. The van der Waals surface area contributed by atoms with Crippen molar-refractivity contribution < 1.29 is 9.53 Å². The van der Waals surface area contributed by atoms with Crippen LogP contribution in [-0.4, -0.2) is 11.9 Å². The third kappa shape index (κ3) is 2.70. The smallest absolute Gasteiger partial charge is 0.135 e. The molecule has 0 amide bonds. The fraction of sp³-hybridized carbons (Fsp3) is 0.500. The number of hydrogen-bond acceptors (Lipinski definition) is 2. The predicted molar refractivity (Wildman–Crippen MR) is 63.0 cm³/mol. The second kappa shape index (κ2) is 5.26. The van der Waals surface area contributed by atoms with Gasteiger partial charge in [-0.3, -0.25) is 4.79 Å². The van der Waals surface area contributed by atoms with E-state index in [9.17, 15) is 4.79 Å². The van der Waals surface area contributed by atoms with Gasteiger partial charge in [0, 0.05) is 12.3 Å². The van der Waals surface area contributed by atoms with Gasteiger partial charge in [0.15, 0.2) is 0 Å². The standard InChI is InChI=1S/C14H18O2/c1-2-14(15)12-8-13(9-12)16-10-11-6-4-3-5-7-11/h3-7,12-13H,2,8-10H2,1H3. The Balaban J connectivity index is 1.69. The molecule has 0 aliphatic heterocycles. The van der Waals surface area contributed by atoms with E-state index < -0.39 is 0 Å². The number of carbonyl (C=O) groups excluding carboxylic acids is 1. The number of hydrogen-bond donors (Lipinski definition) is 0. The van der Waals surface area contributed by atoms with Gasteiger partial charge >= 0.3 is 0 Å². The summed E-state index contributed by atoms with van der Waals surface area (Å²) < 4.78 is 5.74. The minimum atomic E-state index is 0.269. The highest BCUT2D eigenvalue weighted by atomic mass is 16.5. The highest BCUT2D eigenvalue weighted by molar-refractivity contribution is 5.81. The monoisotopic (exact) mass is 218 g/mol. The number of rotatable bonds is 5. The van der Waals surface area contributed by atoms with E-state index in [1.165, 1.54) is 5.56 Å². The quantitative estimate of drug-likeness (QED) is 0.759. The Morgan fingerprint density at radius 3 is 2.62 bits per heavy atom. The summed E-state index contributed by atoms with van der Waals surface area (Å²) in [6.07, 6.45) is 2.79. The van der Waals surface area contributed by atoms with Gasteiger partial charge in [0.25, 0.3) is 0 Å². The van der Waals surface area contributed by atoms with E-state index in [0.717, 1.165) is 12.8 Å². The normalized spacial score (nSPS) is 23.8. The van der Waals surface area contributed by atoms with Crippen LogP contribution >= 0.6 is 0 Å². The van der Waals surface area contributed by atoms with Gasteiger partial charge in [-0.15, -0.1) is 0 Å². The number of Topliss-reactive ketones (excluding diaryl/α,β-unsaturated/α-hetero) is 1. The zero-order chi connectivity index (χ0) is 11.4. The Morgan fingerprint density at radius 1 is 1.31 bits per heavy atom. The van der Waals surface area contributed by atoms with Crippen molar-refractivity contribution in [1.82, 2.24) is 0 Å². The second-order valence-electron chi connectivity index (χ2n) is 4.41. The molecule has 0 N–H and O–H groups in total. The summed E-state index contributed by atoms with van der Waals surface area (Å²) in [4.78, 5) is 11.4. The molecule has 0 aromatic heterocycles. The Hall–Kier alpha value is -1.15. The molecule has 86 valence electrons. The van der Waals surface area contributed by atoms with Gasteiger partial charge in [0.2, 0.25) is 0 Å². The van der Waals surface area contributed by atoms with Crippen molar-refractivity contribution in [2.24, 2.45) is 5.92 Å². The van der Waals surface area contributed by atoms with E-state index in [-0.39, 0.29) is 5.92 Å². The summed E-state index contributed by atoms with van der Waals surface area (Å²) in [5, 5.41) is 0. The van der Waals surface area contributed by atoms with E-state index in [0.29, 0.717) is 24.9 Å². The van der Waals surface area contributed by atoms with Crippen molar-refractivity contribution >= 4 is 5.78 Å². The Bertz CT molecular complexity index is 339. The third-order valence-corrected chi connectivity index (χ3v) is 3.23. The maximum atomic E-state index is 11.4. The first-order chi connectivity index (χ1) is 7.79. The van der Waals surface area contributed by atoms with E-state index in [1.807, 2.05) is 25.1 Å². The first-order valence-electron chi connectivity index (χ1n) is 5.98. The van der Waals surface area contributed by atoms with E-state index in [4.69, 9.17) is 4.74 Å². The van der Waals surface area contributed by atoms with Gasteiger partial charge in [-0.25, -0.2) is 0 Å². The molecule has 0 unspecified atom stereocenters. The van der Waals surface area contributed by atoms with Crippen molar-refractivity contribution in [3.8, 4) is 0 Å². The molecule has 0 atom stereocenters. The van der Waals surface area contributed by atoms with Crippen molar-refractivity contribution in [2.45, 2.75) is 38.9 Å². The summed E-state index contributed by atoms with van der Waals surface area (Å²) in [7, 11) is 0. The van der Waals surface area contributed by atoms with Gasteiger partial charge < -0.3 is 4.74 Å². The molecule has 1 saturated carbocycles. The van der Waals surface area contributed by atoms with Crippen LogP contribution < -0.4 is 0 Å². The topological polar surface area (TPSA) is 26.3 Å². The van der Waals surface area contributed by atoms with Crippen LogP contribution in [0.1, 0.15) is 31.7 Å². The molecule has 1 aromatic carbocycles. The number of ether oxygens (including phenoxy) is 1. The summed E-state index contributed by atoms with van der Waals surface area (Å²) in [6, 6.07) is 10.2. The third-order valence-electron chi connectivity index (χ3n) is 3.23. The van der Waals surface area contributed by atoms with E-state index in [2.05, 4.69) is 12.1 Å². The maximum absolute atomic E-state index is 11.4. The van der Waals surface area contributed by atoms with E-state index >= 15 is 0 Å². The Kier molecular flexibility index (Phi) is 3.73. The predicted octanol–water partition coefficient (Wildman–Crippen LogP) is 2.96. The number of ketones is 1. The van der Waals surface area contributed by atoms with Crippen LogP contribution in [0.2, 0.25) is 0 Å². The van der Waals surface area contributed by atoms with E-state index in [1.54, 1.807) is 0 Å². The average molecular weight is 218 g/mol. The first-order valence-corrected chi connectivity index (χ1v) is 5.98. The van der Waals surface area contributed by atoms with Crippen molar-refractivity contribution in [2.75, 3.05) is 0 Å². The molecule has 2 heteroatoms. The van der Waals surface area contributed by atoms with Gasteiger partial charge in [-0.2, -0.15) is 0 Å². The van der Waals surface area contributed by atoms with Crippen LogP contribution in [0.15, 0.2) is 30.3 Å². The lowest BCUT2D eigenvalue weighted by atomic mass is 9.78. The molecule has 0 radical (unpaired) electrons. The molecule has 2 rings (SSSR count). The lowest BCUT2D eigenvalue weighted by Crippen LogP contribution is -2.36. The molecule has 2 nitrogen and oxygen atoms in total. The van der Waals surface area contributed by atoms with Crippen LogP contribution in [0.5, 0.6) is 0 Å². The largest absolute Gasteiger partial charge is 0.373 e.